The summed E-state index contributed by atoms with van der Waals surface area (Å²) in [5.74, 6) is -1.69. The van der Waals surface area contributed by atoms with Crippen LogP contribution in [0.2, 0.25) is 5.02 Å². The van der Waals surface area contributed by atoms with E-state index in [0.29, 0.717) is 5.02 Å². The van der Waals surface area contributed by atoms with Crippen molar-refractivity contribution >= 4 is 29.2 Å². The van der Waals surface area contributed by atoms with Crippen molar-refractivity contribution in [3.8, 4) is 5.75 Å². The molecule has 18 heavy (non-hydrogen) atoms. The summed E-state index contributed by atoms with van der Waals surface area (Å²) in [5, 5.41) is 21.2. The highest BCUT2D eigenvalue weighted by Gasteiger charge is 2.30. The molecule has 0 radical (unpaired) electrons. The van der Waals surface area contributed by atoms with Gasteiger partial charge in [-0.3, -0.25) is 9.59 Å². The first-order valence-electron chi connectivity index (χ1n) is 5.24. The third-order valence-corrected chi connectivity index (χ3v) is 2.65. The highest BCUT2D eigenvalue weighted by molar-refractivity contribution is 6.31. The van der Waals surface area contributed by atoms with Crippen LogP contribution in [-0.4, -0.2) is 22.1 Å². The number of phenols is 1. The molecule has 98 valence electrons. The second kappa shape index (κ2) is 5.27. The van der Waals surface area contributed by atoms with Crippen molar-refractivity contribution in [1.82, 2.24) is 0 Å². The fraction of sp³-hybridized carbons (Fsp3) is 0.333. The molecule has 0 fully saturated rings. The molecule has 0 aromatic heterocycles. The van der Waals surface area contributed by atoms with Crippen LogP contribution in [0.4, 0.5) is 5.69 Å². The number of anilines is 1. The van der Waals surface area contributed by atoms with Gasteiger partial charge in [0.25, 0.3) is 0 Å². The molecule has 0 aliphatic heterocycles. The fourth-order valence-corrected chi connectivity index (χ4v) is 1.45. The normalized spacial score (nSPS) is 11.1. The lowest BCUT2D eigenvalue weighted by molar-refractivity contribution is -0.148. The highest BCUT2D eigenvalue weighted by atomic mass is 35.5. The van der Waals surface area contributed by atoms with Gasteiger partial charge in [0.05, 0.1) is 11.1 Å². The molecule has 0 saturated heterocycles. The first-order chi connectivity index (χ1) is 8.22. The molecule has 3 N–H and O–H groups in total. The zero-order valence-electron chi connectivity index (χ0n) is 10.0. The molecule has 0 aliphatic rings. The lowest BCUT2D eigenvalue weighted by atomic mass is 9.89. The monoisotopic (exact) mass is 271 g/mol. The Kier molecular flexibility index (Phi) is 4.19. The molecule has 0 heterocycles. The van der Waals surface area contributed by atoms with Crippen molar-refractivity contribution in [2.24, 2.45) is 5.41 Å². The first kappa shape index (κ1) is 14.3. The predicted molar refractivity (Wildman–Crippen MR) is 67.8 cm³/mol. The Labute approximate surface area is 109 Å². The summed E-state index contributed by atoms with van der Waals surface area (Å²) >= 11 is 5.73. The number of carboxylic acid groups (broad SMARTS) is 1. The van der Waals surface area contributed by atoms with E-state index in [1.807, 2.05) is 0 Å². The van der Waals surface area contributed by atoms with E-state index in [2.05, 4.69) is 5.32 Å². The maximum atomic E-state index is 11.7. The molecule has 0 aliphatic carbocycles. The van der Waals surface area contributed by atoms with E-state index in [0.717, 1.165) is 0 Å². The van der Waals surface area contributed by atoms with Crippen LogP contribution >= 0.6 is 11.6 Å². The number of aromatic hydroxyl groups is 1. The van der Waals surface area contributed by atoms with Crippen molar-refractivity contribution in [1.29, 1.82) is 0 Å². The lowest BCUT2D eigenvalue weighted by Gasteiger charge is -2.18. The summed E-state index contributed by atoms with van der Waals surface area (Å²) in [6.07, 6.45) is -0.200. The summed E-state index contributed by atoms with van der Waals surface area (Å²) in [4.78, 5) is 22.5. The minimum absolute atomic E-state index is 0.124. The topological polar surface area (TPSA) is 86.6 Å². The average molecular weight is 272 g/mol. The van der Waals surface area contributed by atoms with E-state index in [4.69, 9.17) is 16.7 Å². The summed E-state index contributed by atoms with van der Waals surface area (Å²) in [6.45, 7) is 2.90. The Hall–Kier alpha value is -1.75. The minimum Gasteiger partial charge on any atom is -0.506 e. The average Bonchev–Trinajstić information content (AvgIpc) is 2.22. The van der Waals surface area contributed by atoms with Crippen LogP contribution in [-0.2, 0) is 9.59 Å². The number of hydrogen-bond acceptors (Lipinski definition) is 3. The molecule has 0 saturated carbocycles. The molecular weight excluding hydrogens is 258 g/mol. The van der Waals surface area contributed by atoms with Gasteiger partial charge in [0.2, 0.25) is 5.91 Å². The van der Waals surface area contributed by atoms with Crippen LogP contribution in [0.3, 0.4) is 0 Å². The zero-order chi connectivity index (χ0) is 13.9. The second-order valence-electron chi connectivity index (χ2n) is 4.58. The van der Waals surface area contributed by atoms with Crippen molar-refractivity contribution < 1.29 is 19.8 Å². The largest absolute Gasteiger partial charge is 0.506 e. The molecular formula is C12H14ClNO4. The van der Waals surface area contributed by atoms with Crippen LogP contribution in [0.5, 0.6) is 5.75 Å². The first-order valence-corrected chi connectivity index (χ1v) is 5.62. The van der Waals surface area contributed by atoms with Crippen LogP contribution < -0.4 is 5.32 Å². The number of phenolic OH excluding ortho intramolecular Hbond substituents is 1. The van der Waals surface area contributed by atoms with Gasteiger partial charge in [-0.15, -0.1) is 0 Å². The molecule has 6 heteroatoms. The number of aliphatic carboxylic acids is 1. The Morgan fingerprint density at radius 3 is 2.56 bits per heavy atom. The summed E-state index contributed by atoms with van der Waals surface area (Å²) in [5.41, 5.74) is -1.01. The van der Waals surface area contributed by atoms with Crippen molar-refractivity contribution in [2.45, 2.75) is 20.3 Å². The number of carbonyl (C=O) groups is 2. The maximum Gasteiger partial charge on any atom is 0.309 e. The van der Waals surface area contributed by atoms with Crippen molar-refractivity contribution in [3.63, 3.8) is 0 Å². The number of nitrogens with one attached hydrogen (secondary N) is 1. The third-order valence-electron chi connectivity index (χ3n) is 2.41. The molecule has 0 bridgehead atoms. The Balaban J connectivity index is 2.77. The van der Waals surface area contributed by atoms with E-state index in [1.165, 1.54) is 32.0 Å². The van der Waals surface area contributed by atoms with Gasteiger partial charge in [0.15, 0.2) is 0 Å². The molecule has 1 aromatic carbocycles. The number of rotatable bonds is 4. The van der Waals surface area contributed by atoms with Gasteiger partial charge in [-0.25, -0.2) is 0 Å². The second-order valence-corrected chi connectivity index (χ2v) is 5.01. The van der Waals surface area contributed by atoms with Crippen LogP contribution in [0.1, 0.15) is 20.3 Å². The van der Waals surface area contributed by atoms with Crippen LogP contribution in [0.15, 0.2) is 18.2 Å². The van der Waals surface area contributed by atoms with Crippen molar-refractivity contribution in [3.05, 3.63) is 23.2 Å². The quantitative estimate of drug-likeness (QED) is 0.734. The molecule has 0 unspecified atom stereocenters. The van der Waals surface area contributed by atoms with E-state index in [9.17, 15) is 14.7 Å². The zero-order valence-corrected chi connectivity index (χ0v) is 10.8. The SMILES string of the molecule is CC(C)(CC(=O)Nc1cc(Cl)ccc1O)C(=O)O. The summed E-state index contributed by atoms with van der Waals surface area (Å²) in [7, 11) is 0. The predicted octanol–water partition coefficient (Wildman–Crippen LogP) is 2.49. The highest BCUT2D eigenvalue weighted by Crippen LogP contribution is 2.28. The van der Waals surface area contributed by atoms with E-state index in [1.54, 1.807) is 0 Å². The van der Waals surface area contributed by atoms with Gasteiger partial charge >= 0.3 is 5.97 Å². The van der Waals surface area contributed by atoms with Gasteiger partial charge in [-0.1, -0.05) is 11.6 Å². The Bertz CT molecular complexity index is 485. The fourth-order valence-electron chi connectivity index (χ4n) is 1.28. The number of carbonyl (C=O) groups excluding carboxylic acids is 1. The Morgan fingerprint density at radius 1 is 1.39 bits per heavy atom. The summed E-state index contributed by atoms with van der Waals surface area (Å²) < 4.78 is 0. The number of carboxylic acids is 1. The standard InChI is InChI=1S/C12H14ClNO4/c1-12(2,11(17)18)6-10(16)14-8-5-7(13)3-4-9(8)15/h3-5,15H,6H2,1-2H3,(H,14,16)(H,17,18). The van der Waals surface area contributed by atoms with E-state index >= 15 is 0 Å². The molecule has 1 amide bonds. The van der Waals surface area contributed by atoms with Gasteiger partial charge in [0.1, 0.15) is 5.75 Å². The van der Waals surface area contributed by atoms with Gasteiger partial charge in [-0.05, 0) is 32.0 Å². The number of benzene rings is 1. The molecule has 0 atom stereocenters. The summed E-state index contributed by atoms with van der Waals surface area (Å²) in [6, 6.07) is 4.22. The lowest BCUT2D eigenvalue weighted by Crippen LogP contribution is -2.29. The minimum atomic E-state index is -1.17. The van der Waals surface area contributed by atoms with Gasteiger partial charge in [-0.2, -0.15) is 0 Å². The molecule has 0 spiro atoms. The molecule has 5 nitrogen and oxygen atoms in total. The third kappa shape index (κ3) is 3.63. The Morgan fingerprint density at radius 2 is 2.00 bits per heavy atom. The molecule has 1 rings (SSSR count). The van der Waals surface area contributed by atoms with E-state index in [-0.39, 0.29) is 17.9 Å². The van der Waals surface area contributed by atoms with Crippen LogP contribution in [0.25, 0.3) is 0 Å². The van der Waals surface area contributed by atoms with Gasteiger partial charge < -0.3 is 15.5 Å². The smallest absolute Gasteiger partial charge is 0.309 e. The van der Waals surface area contributed by atoms with Crippen molar-refractivity contribution in [2.75, 3.05) is 5.32 Å². The maximum absolute atomic E-state index is 11.7. The van der Waals surface area contributed by atoms with E-state index < -0.39 is 17.3 Å². The number of amides is 1. The number of hydrogen-bond donors (Lipinski definition) is 3. The number of halogens is 1. The molecule has 1 aromatic rings. The van der Waals surface area contributed by atoms with Gasteiger partial charge in [0, 0.05) is 11.4 Å². The van der Waals surface area contributed by atoms with Crippen LogP contribution in [0, 0.1) is 5.41 Å².